The minimum absolute atomic E-state index is 0.0415. The molecule has 1 aliphatic rings. The monoisotopic (exact) mass is 329 g/mol. The van der Waals surface area contributed by atoms with Gasteiger partial charge in [-0.25, -0.2) is 10.4 Å². The van der Waals surface area contributed by atoms with Crippen molar-refractivity contribution in [3.8, 4) is 0 Å². The third kappa shape index (κ3) is 3.42. The Morgan fingerprint density at radius 2 is 2.35 bits per heavy atom. The number of carbonyl (C=O) groups excluding carboxylic acids is 2. The number of hydrogen-bond acceptors (Lipinski definition) is 5. The van der Waals surface area contributed by atoms with E-state index in [0.717, 1.165) is 11.0 Å². The van der Waals surface area contributed by atoms with E-state index in [1.54, 1.807) is 6.08 Å². The number of amidine groups is 1. The Bertz CT molecular complexity index is 765. The topological polar surface area (TPSA) is 90.4 Å². The van der Waals surface area contributed by atoms with Crippen molar-refractivity contribution < 1.29 is 9.59 Å². The van der Waals surface area contributed by atoms with E-state index in [4.69, 9.17) is 0 Å². The van der Waals surface area contributed by atoms with E-state index in [2.05, 4.69) is 27.1 Å². The molecule has 1 fully saturated rings. The maximum Gasteiger partial charge on any atom is 0.247 e. The number of para-hydroxylation sites is 2. The number of rotatable bonds is 5. The average molecular weight is 329 g/mol. The molecule has 0 saturated carbocycles. The van der Waals surface area contributed by atoms with Crippen LogP contribution >= 0.6 is 11.8 Å². The quantitative estimate of drug-likeness (QED) is 0.638. The van der Waals surface area contributed by atoms with E-state index in [-0.39, 0.29) is 18.2 Å². The van der Waals surface area contributed by atoms with E-state index < -0.39 is 0 Å². The van der Waals surface area contributed by atoms with Crippen LogP contribution in [0.25, 0.3) is 11.0 Å². The van der Waals surface area contributed by atoms with Gasteiger partial charge in [-0.05, 0) is 12.1 Å². The van der Waals surface area contributed by atoms with Crippen molar-refractivity contribution in [1.29, 1.82) is 0 Å². The Hall–Kier alpha value is -2.61. The number of aromatic nitrogens is 2. The number of thioether (sulfide) groups is 1. The molecule has 1 saturated heterocycles. The number of fused-ring (bicyclic) bond motifs is 1. The largest absolute Gasteiger partial charge is 0.342 e. The first-order chi connectivity index (χ1) is 11.2. The Kier molecular flexibility index (Phi) is 4.42. The predicted molar refractivity (Wildman–Crippen MR) is 89.7 cm³/mol. The molecule has 0 bridgehead atoms. The molecule has 2 heterocycles. The van der Waals surface area contributed by atoms with E-state index in [1.807, 2.05) is 24.3 Å². The zero-order chi connectivity index (χ0) is 16.2. The van der Waals surface area contributed by atoms with Gasteiger partial charge in [0.05, 0.1) is 23.2 Å². The van der Waals surface area contributed by atoms with Gasteiger partial charge in [0.1, 0.15) is 5.82 Å². The molecule has 1 aromatic carbocycles. The van der Waals surface area contributed by atoms with Crippen molar-refractivity contribution >= 4 is 39.8 Å². The van der Waals surface area contributed by atoms with Gasteiger partial charge in [-0.15, -0.1) is 11.7 Å². The molecule has 2 N–H and O–H groups in total. The van der Waals surface area contributed by atoms with Crippen LogP contribution in [0.15, 0.2) is 42.0 Å². The molecule has 3 rings (SSSR count). The van der Waals surface area contributed by atoms with Crippen LogP contribution in [-0.2, 0) is 16.0 Å². The van der Waals surface area contributed by atoms with Crippen LogP contribution in [0, 0.1) is 0 Å². The molecule has 118 valence electrons. The second-order valence-electron chi connectivity index (χ2n) is 4.89. The van der Waals surface area contributed by atoms with Crippen LogP contribution in [0.3, 0.4) is 0 Å². The summed E-state index contributed by atoms with van der Waals surface area (Å²) in [4.78, 5) is 32.6. The molecule has 2 aromatic rings. The number of amides is 2. The number of hydrazone groups is 1. The third-order valence-corrected chi connectivity index (χ3v) is 4.17. The summed E-state index contributed by atoms with van der Waals surface area (Å²) < 4.78 is 0. The molecule has 2 amide bonds. The number of benzene rings is 1. The molecule has 0 spiro atoms. The van der Waals surface area contributed by atoms with E-state index in [9.17, 15) is 9.59 Å². The fourth-order valence-electron chi connectivity index (χ4n) is 2.18. The molecular formula is C15H15N5O2S. The third-order valence-electron chi connectivity index (χ3n) is 3.21. The summed E-state index contributed by atoms with van der Waals surface area (Å²) in [6.45, 7) is 3.99. The van der Waals surface area contributed by atoms with E-state index in [1.165, 1.54) is 16.7 Å². The molecule has 0 radical (unpaired) electrons. The lowest BCUT2D eigenvalue weighted by Crippen LogP contribution is -2.32. The molecule has 0 aliphatic carbocycles. The normalized spacial score (nSPS) is 16.3. The smallest absolute Gasteiger partial charge is 0.247 e. The molecule has 7 nitrogen and oxygen atoms in total. The van der Waals surface area contributed by atoms with Crippen molar-refractivity contribution in [2.24, 2.45) is 5.10 Å². The summed E-state index contributed by atoms with van der Waals surface area (Å²) in [5.74, 6) is 0.559. The fraction of sp³-hybridized carbons (Fsp3) is 0.200. The van der Waals surface area contributed by atoms with Crippen LogP contribution in [0.4, 0.5) is 0 Å². The highest BCUT2D eigenvalue weighted by Crippen LogP contribution is 2.18. The van der Waals surface area contributed by atoms with Gasteiger partial charge in [0.2, 0.25) is 11.8 Å². The van der Waals surface area contributed by atoms with Crippen molar-refractivity contribution in [3.63, 3.8) is 0 Å². The maximum atomic E-state index is 12.0. The summed E-state index contributed by atoms with van der Waals surface area (Å²) >= 11 is 1.29. The van der Waals surface area contributed by atoms with Crippen LogP contribution in [0.5, 0.6) is 0 Å². The highest BCUT2D eigenvalue weighted by Gasteiger charge is 2.27. The molecule has 0 atom stereocenters. The molecule has 0 unspecified atom stereocenters. The van der Waals surface area contributed by atoms with E-state index in [0.29, 0.717) is 23.3 Å². The Labute approximate surface area is 136 Å². The van der Waals surface area contributed by atoms with Gasteiger partial charge in [-0.3, -0.25) is 14.5 Å². The second-order valence-corrected chi connectivity index (χ2v) is 5.83. The number of nitrogens with one attached hydrogen (secondary N) is 2. The molecule has 1 aliphatic heterocycles. The minimum Gasteiger partial charge on any atom is -0.342 e. The van der Waals surface area contributed by atoms with Gasteiger partial charge in [-0.2, -0.15) is 0 Å². The van der Waals surface area contributed by atoms with Crippen LogP contribution < -0.4 is 5.43 Å². The standard InChI is InChI=1S/C15H15N5O2S/c1-2-7-20-14(22)9-23-15(20)19-18-13(21)8-12-16-10-5-3-4-6-11(10)17-12/h2-6H,1,7-9H2,(H,16,17)(H,18,21)/b19-15+. The minimum atomic E-state index is -0.296. The van der Waals surface area contributed by atoms with Gasteiger partial charge in [0.25, 0.3) is 0 Å². The zero-order valence-electron chi connectivity index (χ0n) is 12.3. The fourth-order valence-corrected chi connectivity index (χ4v) is 3.03. The van der Waals surface area contributed by atoms with Crippen LogP contribution in [0.1, 0.15) is 5.82 Å². The SMILES string of the molecule is C=CCN1C(=O)CS/C1=N/NC(=O)Cc1nc2ccccc2[nH]1. The maximum absolute atomic E-state index is 12.0. The lowest BCUT2D eigenvalue weighted by molar-refractivity contribution is -0.124. The summed E-state index contributed by atoms with van der Waals surface area (Å²) in [5.41, 5.74) is 4.17. The molecular weight excluding hydrogens is 314 g/mol. The predicted octanol–water partition coefficient (Wildman–Crippen LogP) is 1.25. The highest BCUT2D eigenvalue weighted by molar-refractivity contribution is 8.15. The average Bonchev–Trinajstić information content (AvgIpc) is 3.09. The summed E-state index contributed by atoms with van der Waals surface area (Å²) in [6, 6.07) is 7.57. The Morgan fingerprint density at radius 1 is 1.52 bits per heavy atom. The van der Waals surface area contributed by atoms with Gasteiger partial charge in [0, 0.05) is 6.54 Å². The summed E-state index contributed by atoms with van der Waals surface area (Å²) in [7, 11) is 0. The highest BCUT2D eigenvalue weighted by atomic mass is 32.2. The first-order valence-electron chi connectivity index (χ1n) is 7.01. The van der Waals surface area contributed by atoms with Gasteiger partial charge in [0.15, 0.2) is 5.17 Å². The summed E-state index contributed by atoms with van der Waals surface area (Å²) in [6.07, 6.45) is 1.71. The van der Waals surface area contributed by atoms with Crippen LogP contribution in [0.2, 0.25) is 0 Å². The van der Waals surface area contributed by atoms with Crippen molar-refractivity contribution in [2.75, 3.05) is 12.3 Å². The lowest BCUT2D eigenvalue weighted by Gasteiger charge is -2.12. The number of aromatic amines is 1. The van der Waals surface area contributed by atoms with E-state index >= 15 is 0 Å². The second kappa shape index (κ2) is 6.66. The van der Waals surface area contributed by atoms with Crippen molar-refractivity contribution in [2.45, 2.75) is 6.42 Å². The number of hydrogen-bond donors (Lipinski definition) is 2. The lowest BCUT2D eigenvalue weighted by atomic mass is 10.3. The molecule has 23 heavy (non-hydrogen) atoms. The summed E-state index contributed by atoms with van der Waals surface area (Å²) in [5, 5.41) is 4.50. The zero-order valence-corrected chi connectivity index (χ0v) is 13.1. The van der Waals surface area contributed by atoms with Gasteiger partial charge < -0.3 is 4.98 Å². The first kappa shape index (κ1) is 15.3. The van der Waals surface area contributed by atoms with Gasteiger partial charge >= 0.3 is 0 Å². The van der Waals surface area contributed by atoms with Crippen molar-refractivity contribution in [3.05, 3.63) is 42.7 Å². The number of H-pyrrole nitrogens is 1. The first-order valence-corrected chi connectivity index (χ1v) is 8.00. The van der Waals surface area contributed by atoms with Crippen molar-refractivity contribution in [1.82, 2.24) is 20.3 Å². The van der Waals surface area contributed by atoms with Crippen LogP contribution in [-0.4, -0.2) is 44.1 Å². The Balaban J connectivity index is 1.64. The molecule has 1 aromatic heterocycles. The Morgan fingerprint density at radius 3 is 3.13 bits per heavy atom. The molecule has 8 heteroatoms. The number of nitrogens with zero attached hydrogens (tertiary/aromatic N) is 3. The number of imidazole rings is 1. The number of carbonyl (C=O) groups is 2. The van der Waals surface area contributed by atoms with Gasteiger partial charge in [-0.1, -0.05) is 30.0 Å².